The molecular formula is C16H22N2O. The Bertz CT molecular complexity index is 452. The van der Waals surface area contributed by atoms with E-state index in [1.807, 2.05) is 0 Å². The van der Waals surface area contributed by atoms with Gasteiger partial charge in [0.1, 0.15) is 0 Å². The lowest BCUT2D eigenvalue weighted by atomic mass is 9.87. The van der Waals surface area contributed by atoms with Gasteiger partial charge in [-0.1, -0.05) is 24.3 Å². The summed E-state index contributed by atoms with van der Waals surface area (Å²) in [5.74, 6) is 0.386. The molecular weight excluding hydrogens is 236 g/mol. The molecule has 3 nitrogen and oxygen atoms in total. The van der Waals surface area contributed by atoms with E-state index in [9.17, 15) is 4.79 Å². The molecule has 2 N–H and O–H groups in total. The molecule has 1 fully saturated rings. The van der Waals surface area contributed by atoms with Gasteiger partial charge < -0.3 is 10.6 Å². The van der Waals surface area contributed by atoms with E-state index in [0.717, 1.165) is 38.8 Å². The normalized spacial score (nSPS) is 26.5. The maximum absolute atomic E-state index is 12.3. The predicted octanol–water partition coefficient (Wildman–Crippen LogP) is 2.18. The molecule has 102 valence electrons. The van der Waals surface area contributed by atoms with Gasteiger partial charge in [-0.15, -0.1) is 0 Å². The zero-order chi connectivity index (χ0) is 13.1. The van der Waals surface area contributed by atoms with Gasteiger partial charge in [0, 0.05) is 6.54 Å². The van der Waals surface area contributed by atoms with E-state index < -0.39 is 0 Å². The van der Waals surface area contributed by atoms with Gasteiger partial charge in [-0.2, -0.15) is 0 Å². The number of amides is 1. The third kappa shape index (κ3) is 2.81. The number of aryl methyl sites for hydroxylation is 1. The van der Waals surface area contributed by atoms with Crippen molar-refractivity contribution in [2.45, 2.75) is 38.1 Å². The maximum atomic E-state index is 12.3. The van der Waals surface area contributed by atoms with E-state index in [0.29, 0.717) is 0 Å². The van der Waals surface area contributed by atoms with Crippen LogP contribution in [0.25, 0.3) is 0 Å². The molecule has 1 aromatic carbocycles. The zero-order valence-corrected chi connectivity index (χ0v) is 11.3. The van der Waals surface area contributed by atoms with Crippen LogP contribution in [0.1, 0.15) is 42.9 Å². The maximum Gasteiger partial charge on any atom is 0.224 e. The Kier molecular flexibility index (Phi) is 3.83. The van der Waals surface area contributed by atoms with Gasteiger partial charge in [0.2, 0.25) is 5.91 Å². The molecule has 0 saturated carbocycles. The van der Waals surface area contributed by atoms with Crippen molar-refractivity contribution in [1.82, 2.24) is 10.6 Å². The number of hydrogen-bond donors (Lipinski definition) is 2. The number of piperidine rings is 1. The van der Waals surface area contributed by atoms with Crippen LogP contribution < -0.4 is 10.6 Å². The molecule has 1 unspecified atom stereocenters. The fraction of sp³-hybridized carbons (Fsp3) is 0.562. The summed E-state index contributed by atoms with van der Waals surface area (Å²) >= 11 is 0. The van der Waals surface area contributed by atoms with Crippen molar-refractivity contribution in [3.8, 4) is 0 Å². The molecule has 1 aliphatic carbocycles. The fourth-order valence-corrected chi connectivity index (χ4v) is 3.27. The number of carbonyl (C=O) groups is 1. The van der Waals surface area contributed by atoms with Crippen molar-refractivity contribution in [2.75, 3.05) is 13.1 Å². The van der Waals surface area contributed by atoms with Gasteiger partial charge in [-0.3, -0.25) is 4.79 Å². The van der Waals surface area contributed by atoms with Crippen molar-refractivity contribution in [3.05, 3.63) is 35.4 Å². The lowest BCUT2D eigenvalue weighted by molar-refractivity contribution is -0.126. The molecule has 2 aliphatic rings. The summed E-state index contributed by atoms with van der Waals surface area (Å²) in [5.41, 5.74) is 2.73. The van der Waals surface area contributed by atoms with E-state index in [4.69, 9.17) is 0 Å². The van der Waals surface area contributed by atoms with E-state index >= 15 is 0 Å². The third-order valence-electron chi connectivity index (χ3n) is 4.35. The molecule has 1 aromatic rings. The quantitative estimate of drug-likeness (QED) is 0.853. The molecule has 0 bridgehead atoms. The van der Waals surface area contributed by atoms with Crippen molar-refractivity contribution >= 4 is 5.91 Å². The summed E-state index contributed by atoms with van der Waals surface area (Å²) in [5, 5.41) is 6.58. The zero-order valence-electron chi connectivity index (χ0n) is 11.3. The molecule has 1 aliphatic heterocycles. The van der Waals surface area contributed by atoms with Crippen LogP contribution in [-0.4, -0.2) is 19.0 Å². The summed E-state index contributed by atoms with van der Waals surface area (Å²) in [6, 6.07) is 8.74. The summed E-state index contributed by atoms with van der Waals surface area (Å²) in [7, 11) is 0. The highest BCUT2D eigenvalue weighted by molar-refractivity contribution is 5.79. The average molecular weight is 258 g/mol. The highest BCUT2D eigenvalue weighted by Crippen LogP contribution is 2.29. The van der Waals surface area contributed by atoms with Crippen LogP contribution in [0.15, 0.2) is 24.3 Å². The van der Waals surface area contributed by atoms with E-state index in [1.165, 1.54) is 17.5 Å². The predicted molar refractivity (Wildman–Crippen MR) is 75.9 cm³/mol. The van der Waals surface area contributed by atoms with Crippen molar-refractivity contribution in [1.29, 1.82) is 0 Å². The fourth-order valence-electron chi connectivity index (χ4n) is 3.27. The standard InChI is InChI=1S/C16H22N2O/c19-16(13-7-4-10-17-11-13)18-15-9-3-6-12-5-1-2-8-14(12)15/h1-2,5,8,13,15,17H,3-4,6-7,9-11H2,(H,18,19)/t13-,15?/m1/s1. The number of benzene rings is 1. The SMILES string of the molecule is O=C(NC1CCCc2ccccc21)[C@@H]1CCCNC1. The highest BCUT2D eigenvalue weighted by atomic mass is 16.2. The number of rotatable bonds is 2. The van der Waals surface area contributed by atoms with Gasteiger partial charge in [0.15, 0.2) is 0 Å². The number of nitrogens with one attached hydrogen (secondary N) is 2. The molecule has 0 radical (unpaired) electrons. The summed E-state index contributed by atoms with van der Waals surface area (Å²) < 4.78 is 0. The molecule has 2 atom stereocenters. The van der Waals surface area contributed by atoms with E-state index in [1.54, 1.807) is 0 Å². The third-order valence-corrected chi connectivity index (χ3v) is 4.35. The first-order valence-corrected chi connectivity index (χ1v) is 7.43. The first-order valence-electron chi connectivity index (χ1n) is 7.43. The summed E-state index contributed by atoms with van der Waals surface area (Å²) in [6.45, 7) is 1.89. The van der Waals surface area contributed by atoms with Crippen LogP contribution in [0.2, 0.25) is 0 Å². The molecule has 0 spiro atoms. The Morgan fingerprint density at radius 2 is 2.11 bits per heavy atom. The van der Waals surface area contributed by atoms with Gasteiger partial charge in [-0.05, 0) is 49.8 Å². The second-order valence-corrected chi connectivity index (χ2v) is 5.70. The molecule has 3 rings (SSSR count). The summed E-state index contributed by atoms with van der Waals surface area (Å²) in [4.78, 5) is 12.3. The van der Waals surface area contributed by atoms with Gasteiger partial charge in [0.25, 0.3) is 0 Å². The van der Waals surface area contributed by atoms with Crippen molar-refractivity contribution < 1.29 is 4.79 Å². The summed E-state index contributed by atoms with van der Waals surface area (Å²) in [6.07, 6.45) is 5.52. The Hall–Kier alpha value is -1.35. The van der Waals surface area contributed by atoms with E-state index in [-0.39, 0.29) is 17.9 Å². The van der Waals surface area contributed by atoms with Crippen molar-refractivity contribution in [2.24, 2.45) is 5.92 Å². The molecule has 19 heavy (non-hydrogen) atoms. The minimum atomic E-state index is 0.155. The average Bonchev–Trinajstić information content (AvgIpc) is 2.48. The second-order valence-electron chi connectivity index (χ2n) is 5.70. The monoisotopic (exact) mass is 258 g/mol. The molecule has 0 aromatic heterocycles. The first-order chi connectivity index (χ1) is 9.34. The number of hydrogen-bond acceptors (Lipinski definition) is 2. The van der Waals surface area contributed by atoms with Crippen LogP contribution in [0.5, 0.6) is 0 Å². The molecule has 1 saturated heterocycles. The van der Waals surface area contributed by atoms with E-state index in [2.05, 4.69) is 34.9 Å². The lowest BCUT2D eigenvalue weighted by Crippen LogP contribution is -2.42. The van der Waals surface area contributed by atoms with Crippen LogP contribution in [0, 0.1) is 5.92 Å². The Morgan fingerprint density at radius 1 is 1.21 bits per heavy atom. The number of carbonyl (C=O) groups excluding carboxylic acids is 1. The topological polar surface area (TPSA) is 41.1 Å². The lowest BCUT2D eigenvalue weighted by Gasteiger charge is -2.29. The Balaban J connectivity index is 1.68. The number of fused-ring (bicyclic) bond motifs is 1. The first kappa shape index (κ1) is 12.7. The second kappa shape index (κ2) is 5.74. The minimum Gasteiger partial charge on any atom is -0.349 e. The minimum absolute atomic E-state index is 0.155. The Morgan fingerprint density at radius 3 is 2.95 bits per heavy atom. The van der Waals surface area contributed by atoms with Crippen LogP contribution in [0.3, 0.4) is 0 Å². The molecule has 1 amide bonds. The van der Waals surface area contributed by atoms with Gasteiger partial charge in [0.05, 0.1) is 12.0 Å². The smallest absolute Gasteiger partial charge is 0.224 e. The van der Waals surface area contributed by atoms with Crippen LogP contribution in [0.4, 0.5) is 0 Å². The van der Waals surface area contributed by atoms with Crippen LogP contribution >= 0.6 is 0 Å². The highest BCUT2D eigenvalue weighted by Gasteiger charge is 2.26. The largest absolute Gasteiger partial charge is 0.349 e. The molecule has 3 heteroatoms. The van der Waals surface area contributed by atoms with Gasteiger partial charge >= 0.3 is 0 Å². The van der Waals surface area contributed by atoms with Crippen LogP contribution in [-0.2, 0) is 11.2 Å². The Labute approximate surface area is 114 Å². The van der Waals surface area contributed by atoms with Crippen molar-refractivity contribution in [3.63, 3.8) is 0 Å². The van der Waals surface area contributed by atoms with Gasteiger partial charge in [-0.25, -0.2) is 0 Å². The molecule has 1 heterocycles.